The van der Waals surface area contributed by atoms with Gasteiger partial charge in [-0.2, -0.15) is 11.8 Å². The fourth-order valence-electron chi connectivity index (χ4n) is 2.56. The van der Waals surface area contributed by atoms with E-state index in [1.165, 1.54) is 50.0 Å². The minimum Gasteiger partial charge on any atom is -0.311 e. The van der Waals surface area contributed by atoms with Crippen molar-refractivity contribution >= 4 is 11.8 Å². The van der Waals surface area contributed by atoms with Crippen LogP contribution in [0.15, 0.2) is 0 Å². The van der Waals surface area contributed by atoms with E-state index >= 15 is 0 Å². The first kappa shape index (κ1) is 10.8. The van der Waals surface area contributed by atoms with Crippen molar-refractivity contribution in [1.82, 2.24) is 5.32 Å². The molecule has 0 bridgehead atoms. The first-order chi connectivity index (χ1) is 6.84. The van der Waals surface area contributed by atoms with Crippen molar-refractivity contribution in [2.24, 2.45) is 5.92 Å². The largest absolute Gasteiger partial charge is 0.311 e. The molecule has 0 aromatic rings. The lowest BCUT2D eigenvalue weighted by molar-refractivity contribution is 0.255. The van der Waals surface area contributed by atoms with Crippen molar-refractivity contribution in [2.75, 3.05) is 11.5 Å². The molecule has 1 N–H and O–H groups in total. The Bertz CT molecular complexity index is 162. The van der Waals surface area contributed by atoms with Gasteiger partial charge in [0.1, 0.15) is 0 Å². The zero-order chi connectivity index (χ0) is 9.80. The standard InChI is InChI=1S/C12H23NS/c1-10(9-11-3-2-4-11)13-12-5-7-14-8-6-12/h10-13H,2-9H2,1H3. The Morgan fingerprint density at radius 3 is 2.50 bits per heavy atom. The van der Waals surface area contributed by atoms with Crippen molar-refractivity contribution < 1.29 is 0 Å². The van der Waals surface area contributed by atoms with Gasteiger partial charge in [-0.3, -0.25) is 0 Å². The van der Waals surface area contributed by atoms with Crippen LogP contribution in [0.2, 0.25) is 0 Å². The van der Waals surface area contributed by atoms with Crippen LogP contribution in [0, 0.1) is 5.92 Å². The third-order valence-electron chi connectivity index (χ3n) is 3.65. The van der Waals surface area contributed by atoms with Crippen molar-refractivity contribution in [3.8, 4) is 0 Å². The highest BCUT2D eigenvalue weighted by molar-refractivity contribution is 7.99. The minimum absolute atomic E-state index is 0.758. The predicted octanol–water partition coefficient (Wildman–Crippen LogP) is 3.05. The highest BCUT2D eigenvalue weighted by Gasteiger charge is 2.22. The molecule has 14 heavy (non-hydrogen) atoms. The van der Waals surface area contributed by atoms with Gasteiger partial charge >= 0.3 is 0 Å². The molecule has 2 aliphatic rings. The lowest BCUT2D eigenvalue weighted by Gasteiger charge is -2.32. The second-order valence-electron chi connectivity index (χ2n) is 4.99. The Morgan fingerprint density at radius 1 is 1.21 bits per heavy atom. The summed E-state index contributed by atoms with van der Waals surface area (Å²) in [7, 11) is 0. The minimum atomic E-state index is 0.758. The normalized spacial score (nSPS) is 27.2. The summed E-state index contributed by atoms with van der Waals surface area (Å²) in [6.07, 6.45) is 8.67. The van der Waals surface area contributed by atoms with Crippen molar-refractivity contribution in [3.05, 3.63) is 0 Å². The topological polar surface area (TPSA) is 12.0 Å². The third kappa shape index (κ3) is 3.16. The molecular formula is C12H23NS. The summed E-state index contributed by atoms with van der Waals surface area (Å²) in [6, 6.07) is 1.58. The maximum atomic E-state index is 3.80. The Morgan fingerprint density at radius 2 is 1.93 bits per heavy atom. The molecule has 2 rings (SSSR count). The van der Waals surface area contributed by atoms with Gasteiger partial charge in [-0.15, -0.1) is 0 Å². The van der Waals surface area contributed by atoms with Crippen LogP contribution in [0.4, 0.5) is 0 Å². The zero-order valence-electron chi connectivity index (χ0n) is 9.30. The zero-order valence-corrected chi connectivity index (χ0v) is 10.1. The van der Waals surface area contributed by atoms with Crippen LogP contribution in [0.3, 0.4) is 0 Å². The molecule has 0 aromatic carbocycles. The molecule has 1 aliphatic carbocycles. The second-order valence-corrected chi connectivity index (χ2v) is 6.21. The van der Waals surface area contributed by atoms with E-state index in [9.17, 15) is 0 Å². The average Bonchev–Trinajstić information content (AvgIpc) is 2.13. The summed E-state index contributed by atoms with van der Waals surface area (Å²) >= 11 is 2.12. The van der Waals surface area contributed by atoms with Crippen LogP contribution in [0.5, 0.6) is 0 Å². The number of hydrogen-bond acceptors (Lipinski definition) is 2. The van der Waals surface area contributed by atoms with Gasteiger partial charge in [-0.1, -0.05) is 19.3 Å². The molecule has 1 nitrogen and oxygen atoms in total. The van der Waals surface area contributed by atoms with Gasteiger partial charge in [0, 0.05) is 12.1 Å². The van der Waals surface area contributed by atoms with Crippen LogP contribution in [-0.4, -0.2) is 23.6 Å². The van der Waals surface area contributed by atoms with Gasteiger partial charge in [0.25, 0.3) is 0 Å². The molecule has 82 valence electrons. The van der Waals surface area contributed by atoms with E-state index in [0.717, 1.165) is 18.0 Å². The maximum Gasteiger partial charge on any atom is 0.00852 e. The Hall–Kier alpha value is 0.310. The summed E-state index contributed by atoms with van der Waals surface area (Å²) in [4.78, 5) is 0. The number of thioether (sulfide) groups is 1. The van der Waals surface area contributed by atoms with E-state index in [1.807, 2.05) is 0 Å². The average molecular weight is 213 g/mol. The summed E-state index contributed by atoms with van der Waals surface area (Å²) in [5.74, 6) is 3.79. The van der Waals surface area contributed by atoms with Gasteiger partial charge in [0.2, 0.25) is 0 Å². The predicted molar refractivity (Wildman–Crippen MR) is 64.9 cm³/mol. The molecule has 2 fully saturated rings. The van der Waals surface area contributed by atoms with Gasteiger partial charge in [0.15, 0.2) is 0 Å². The fraction of sp³-hybridized carbons (Fsp3) is 1.00. The van der Waals surface area contributed by atoms with Gasteiger partial charge in [-0.25, -0.2) is 0 Å². The molecule has 0 amide bonds. The smallest absolute Gasteiger partial charge is 0.00852 e. The Kier molecular flexibility index (Phi) is 4.18. The molecule has 0 aromatic heterocycles. The van der Waals surface area contributed by atoms with Crippen LogP contribution in [-0.2, 0) is 0 Å². The number of hydrogen-bond donors (Lipinski definition) is 1. The summed E-state index contributed by atoms with van der Waals surface area (Å²) < 4.78 is 0. The monoisotopic (exact) mass is 213 g/mol. The van der Waals surface area contributed by atoms with Crippen LogP contribution >= 0.6 is 11.8 Å². The van der Waals surface area contributed by atoms with Crippen LogP contribution in [0.25, 0.3) is 0 Å². The van der Waals surface area contributed by atoms with E-state index in [4.69, 9.17) is 0 Å². The third-order valence-corrected chi connectivity index (χ3v) is 4.70. The van der Waals surface area contributed by atoms with Gasteiger partial charge in [0.05, 0.1) is 0 Å². The van der Waals surface area contributed by atoms with E-state index in [1.54, 1.807) is 0 Å². The molecule has 1 saturated carbocycles. The number of nitrogens with one attached hydrogen (secondary N) is 1. The molecule has 1 atom stereocenters. The fourth-order valence-corrected chi connectivity index (χ4v) is 3.67. The summed E-state index contributed by atoms with van der Waals surface area (Å²) in [5.41, 5.74) is 0. The molecule has 2 heteroatoms. The highest BCUT2D eigenvalue weighted by atomic mass is 32.2. The lowest BCUT2D eigenvalue weighted by atomic mass is 9.81. The molecule has 1 aliphatic heterocycles. The quantitative estimate of drug-likeness (QED) is 0.770. The van der Waals surface area contributed by atoms with Crippen molar-refractivity contribution in [2.45, 2.75) is 57.5 Å². The SMILES string of the molecule is CC(CC1CCC1)NC1CCSCC1. The number of rotatable bonds is 4. The van der Waals surface area contributed by atoms with Crippen molar-refractivity contribution in [1.29, 1.82) is 0 Å². The first-order valence-electron chi connectivity index (χ1n) is 6.18. The molecule has 0 spiro atoms. The molecular weight excluding hydrogens is 190 g/mol. The van der Waals surface area contributed by atoms with Crippen molar-refractivity contribution in [3.63, 3.8) is 0 Å². The Labute approximate surface area is 92.4 Å². The van der Waals surface area contributed by atoms with E-state index in [0.29, 0.717) is 0 Å². The van der Waals surface area contributed by atoms with E-state index in [2.05, 4.69) is 24.0 Å². The van der Waals surface area contributed by atoms with Crippen LogP contribution < -0.4 is 5.32 Å². The maximum absolute atomic E-state index is 3.80. The van der Waals surface area contributed by atoms with E-state index < -0.39 is 0 Å². The van der Waals surface area contributed by atoms with Crippen LogP contribution in [0.1, 0.15) is 45.4 Å². The molecule has 1 saturated heterocycles. The lowest BCUT2D eigenvalue weighted by Crippen LogP contribution is -2.40. The molecule has 1 unspecified atom stereocenters. The second kappa shape index (κ2) is 5.41. The molecule has 0 radical (unpaired) electrons. The summed E-state index contributed by atoms with van der Waals surface area (Å²) in [6.45, 7) is 2.38. The van der Waals surface area contributed by atoms with Gasteiger partial charge in [-0.05, 0) is 43.6 Å². The van der Waals surface area contributed by atoms with E-state index in [-0.39, 0.29) is 0 Å². The highest BCUT2D eigenvalue weighted by Crippen LogP contribution is 2.30. The summed E-state index contributed by atoms with van der Waals surface area (Å²) in [5, 5.41) is 3.80. The van der Waals surface area contributed by atoms with Gasteiger partial charge < -0.3 is 5.32 Å². The molecule has 1 heterocycles. The first-order valence-corrected chi connectivity index (χ1v) is 7.34. The Balaban J connectivity index is 1.62.